The first-order valence-corrected chi connectivity index (χ1v) is 9.73. The van der Waals surface area contributed by atoms with E-state index in [0.29, 0.717) is 35.9 Å². The predicted octanol–water partition coefficient (Wildman–Crippen LogP) is 3.67. The lowest BCUT2D eigenvalue weighted by Crippen LogP contribution is -2.37. The van der Waals surface area contributed by atoms with Gasteiger partial charge in [-0.15, -0.1) is 6.42 Å². The summed E-state index contributed by atoms with van der Waals surface area (Å²) in [6.45, 7) is 0.674. The zero-order valence-corrected chi connectivity index (χ0v) is 17.5. The van der Waals surface area contributed by atoms with Crippen LogP contribution in [-0.2, 0) is 22.4 Å². The normalized spacial score (nSPS) is 11.4. The summed E-state index contributed by atoms with van der Waals surface area (Å²) >= 11 is 5.90. The summed E-state index contributed by atoms with van der Waals surface area (Å²) in [6, 6.07) is 13.2. The molecule has 0 aliphatic rings. The van der Waals surface area contributed by atoms with Crippen molar-refractivity contribution in [3.63, 3.8) is 0 Å². The minimum Gasteiger partial charge on any atom is -0.493 e. The molecule has 0 radical (unpaired) electrons. The van der Waals surface area contributed by atoms with Gasteiger partial charge >= 0.3 is 0 Å². The molecule has 0 fully saturated rings. The number of methoxy groups -OCH3 is 2. The highest BCUT2D eigenvalue weighted by atomic mass is 35.5. The van der Waals surface area contributed by atoms with Crippen molar-refractivity contribution in [1.29, 1.82) is 0 Å². The van der Waals surface area contributed by atoms with Crippen LogP contribution in [-0.4, -0.2) is 39.4 Å². The second-order valence-corrected chi connectivity index (χ2v) is 6.84. The highest BCUT2D eigenvalue weighted by Gasteiger charge is 2.17. The number of hydrogen-bond acceptors (Lipinski definition) is 4. The lowest BCUT2D eigenvalue weighted by molar-refractivity contribution is -0.131. The van der Waals surface area contributed by atoms with E-state index in [1.807, 2.05) is 42.5 Å². The molecule has 2 aromatic rings. The topological polar surface area (TPSA) is 56.8 Å². The molecule has 5 nitrogen and oxygen atoms in total. The number of aryl methyl sites for hydroxylation is 1. The fraction of sp³-hybridized carbons (Fsp3) is 0.348. The number of rotatable bonds is 11. The van der Waals surface area contributed by atoms with Crippen molar-refractivity contribution in [1.82, 2.24) is 5.32 Å². The number of nitrogens with one attached hydrogen (secondary N) is 1. The number of benzene rings is 2. The molecule has 6 heteroatoms. The van der Waals surface area contributed by atoms with Crippen molar-refractivity contribution in [2.75, 3.05) is 27.4 Å². The third-order valence-electron chi connectivity index (χ3n) is 4.44. The molecule has 0 aliphatic carbocycles. The Morgan fingerprint density at radius 3 is 2.48 bits per heavy atom. The molecule has 1 amide bonds. The maximum atomic E-state index is 12.4. The van der Waals surface area contributed by atoms with E-state index in [4.69, 9.17) is 32.2 Å². The smallest absolute Gasteiger partial charge is 0.249 e. The summed E-state index contributed by atoms with van der Waals surface area (Å²) in [7, 11) is 3.12. The minimum atomic E-state index is -0.500. The largest absolute Gasteiger partial charge is 0.493 e. The lowest BCUT2D eigenvalue weighted by atomic mass is 10.1. The number of terminal acetylenes is 1. The SMILES string of the molecule is C#CCOc1ccc(CCNC(=O)[C@@H](CCc2ccc(Cl)cc2)OC)cc1OC. The Bertz CT molecular complexity index is 830. The molecule has 0 aliphatic heterocycles. The predicted molar refractivity (Wildman–Crippen MR) is 115 cm³/mol. The maximum absolute atomic E-state index is 12.4. The summed E-state index contributed by atoms with van der Waals surface area (Å²) in [6.07, 6.45) is 6.71. The third kappa shape index (κ3) is 7.34. The molecular weight excluding hydrogens is 390 g/mol. The van der Waals surface area contributed by atoms with Crippen LogP contribution in [0.3, 0.4) is 0 Å². The number of hydrogen-bond donors (Lipinski definition) is 1. The van der Waals surface area contributed by atoms with Gasteiger partial charge in [-0.2, -0.15) is 0 Å². The van der Waals surface area contributed by atoms with E-state index in [2.05, 4.69) is 11.2 Å². The van der Waals surface area contributed by atoms with Crippen molar-refractivity contribution >= 4 is 17.5 Å². The molecule has 0 unspecified atom stereocenters. The third-order valence-corrected chi connectivity index (χ3v) is 4.69. The molecule has 0 saturated heterocycles. The van der Waals surface area contributed by atoms with Crippen molar-refractivity contribution in [3.05, 3.63) is 58.6 Å². The molecule has 0 saturated carbocycles. The van der Waals surface area contributed by atoms with Crippen LogP contribution >= 0.6 is 11.6 Å². The summed E-state index contributed by atoms with van der Waals surface area (Å²) in [4.78, 5) is 12.4. The summed E-state index contributed by atoms with van der Waals surface area (Å²) in [5.41, 5.74) is 2.13. The van der Waals surface area contributed by atoms with Gasteiger partial charge in [0.1, 0.15) is 12.7 Å². The van der Waals surface area contributed by atoms with Crippen LogP contribution in [0.25, 0.3) is 0 Å². The minimum absolute atomic E-state index is 0.123. The van der Waals surface area contributed by atoms with Gasteiger partial charge in [0.15, 0.2) is 11.5 Å². The molecular formula is C23H26ClNO4. The Kier molecular flexibility index (Phi) is 9.36. The average molecular weight is 416 g/mol. The number of carbonyl (C=O) groups is 1. The molecule has 29 heavy (non-hydrogen) atoms. The second-order valence-electron chi connectivity index (χ2n) is 6.41. The first kappa shape index (κ1) is 22.6. The second kappa shape index (κ2) is 12.0. The first-order valence-electron chi connectivity index (χ1n) is 9.35. The lowest BCUT2D eigenvalue weighted by Gasteiger charge is -2.16. The average Bonchev–Trinajstić information content (AvgIpc) is 2.74. The number of ether oxygens (including phenoxy) is 3. The standard InChI is InChI=1S/C23H26ClNO4/c1-4-15-29-20-11-8-18(16-22(20)28-3)13-14-25-23(26)21(27-2)12-7-17-5-9-19(24)10-6-17/h1,5-6,8-11,16,21H,7,12-15H2,2-3H3,(H,25,26)/t21-/m1/s1. The zero-order chi connectivity index (χ0) is 21.1. The number of carbonyl (C=O) groups excluding carboxylic acids is 1. The van der Waals surface area contributed by atoms with Gasteiger partial charge in [0.05, 0.1) is 7.11 Å². The fourth-order valence-corrected chi connectivity index (χ4v) is 2.98. The monoisotopic (exact) mass is 415 g/mol. The van der Waals surface area contributed by atoms with Gasteiger partial charge in [-0.1, -0.05) is 35.7 Å². The van der Waals surface area contributed by atoms with Gasteiger partial charge in [-0.3, -0.25) is 4.79 Å². The van der Waals surface area contributed by atoms with Crippen LogP contribution in [0.4, 0.5) is 0 Å². The molecule has 1 N–H and O–H groups in total. The van der Waals surface area contributed by atoms with Gasteiger partial charge in [-0.05, 0) is 54.7 Å². The van der Waals surface area contributed by atoms with Gasteiger partial charge in [0.2, 0.25) is 5.91 Å². The quantitative estimate of drug-likeness (QED) is 0.569. The molecule has 0 aromatic heterocycles. The Morgan fingerprint density at radius 1 is 1.10 bits per heavy atom. The van der Waals surface area contributed by atoms with Crippen LogP contribution in [0, 0.1) is 12.3 Å². The summed E-state index contributed by atoms with van der Waals surface area (Å²) in [5, 5.41) is 3.63. The van der Waals surface area contributed by atoms with Gasteiger partial charge in [0.25, 0.3) is 0 Å². The van der Waals surface area contributed by atoms with Crippen molar-refractivity contribution < 1.29 is 19.0 Å². The van der Waals surface area contributed by atoms with E-state index >= 15 is 0 Å². The molecule has 154 valence electrons. The number of amides is 1. The van der Waals surface area contributed by atoms with E-state index in [1.54, 1.807) is 14.2 Å². The van der Waals surface area contributed by atoms with E-state index in [9.17, 15) is 4.79 Å². The van der Waals surface area contributed by atoms with E-state index in [1.165, 1.54) is 0 Å². The zero-order valence-electron chi connectivity index (χ0n) is 16.7. The summed E-state index contributed by atoms with van der Waals surface area (Å²) in [5.74, 6) is 3.51. The maximum Gasteiger partial charge on any atom is 0.249 e. The Balaban J connectivity index is 1.82. The van der Waals surface area contributed by atoms with Crippen LogP contribution < -0.4 is 14.8 Å². The Morgan fingerprint density at radius 2 is 1.83 bits per heavy atom. The van der Waals surface area contributed by atoms with Crippen molar-refractivity contribution in [2.45, 2.75) is 25.4 Å². The fourth-order valence-electron chi connectivity index (χ4n) is 2.85. The molecule has 2 aromatic carbocycles. The van der Waals surface area contributed by atoms with Crippen molar-refractivity contribution in [3.8, 4) is 23.8 Å². The Labute approximate surface area is 177 Å². The van der Waals surface area contributed by atoms with E-state index in [-0.39, 0.29) is 12.5 Å². The van der Waals surface area contributed by atoms with Crippen molar-refractivity contribution in [2.24, 2.45) is 0 Å². The van der Waals surface area contributed by atoms with Gasteiger partial charge in [0, 0.05) is 18.7 Å². The van der Waals surface area contributed by atoms with E-state index in [0.717, 1.165) is 17.5 Å². The molecule has 0 spiro atoms. The number of halogens is 1. The molecule has 0 heterocycles. The Hall–Kier alpha value is -2.68. The summed E-state index contributed by atoms with van der Waals surface area (Å²) < 4.78 is 16.1. The van der Waals surface area contributed by atoms with E-state index < -0.39 is 6.10 Å². The first-order chi connectivity index (χ1) is 14.1. The molecule has 0 bridgehead atoms. The van der Waals surface area contributed by atoms with Crippen LogP contribution in [0.15, 0.2) is 42.5 Å². The van der Waals surface area contributed by atoms with Crippen LogP contribution in [0.1, 0.15) is 17.5 Å². The van der Waals surface area contributed by atoms with Crippen LogP contribution in [0.5, 0.6) is 11.5 Å². The highest BCUT2D eigenvalue weighted by Crippen LogP contribution is 2.28. The van der Waals surface area contributed by atoms with Gasteiger partial charge < -0.3 is 19.5 Å². The highest BCUT2D eigenvalue weighted by molar-refractivity contribution is 6.30. The molecule has 1 atom stereocenters. The van der Waals surface area contributed by atoms with Crippen LogP contribution in [0.2, 0.25) is 5.02 Å². The van der Waals surface area contributed by atoms with Gasteiger partial charge in [-0.25, -0.2) is 0 Å². The molecule has 2 rings (SSSR count).